The summed E-state index contributed by atoms with van der Waals surface area (Å²) in [7, 11) is 0. The Balaban J connectivity index is 1.83. The van der Waals surface area contributed by atoms with E-state index < -0.39 is 5.97 Å². The van der Waals surface area contributed by atoms with E-state index in [-0.39, 0.29) is 31.1 Å². The average Bonchev–Trinajstić information content (AvgIpc) is 2.66. The Morgan fingerprint density at radius 2 is 1.81 bits per heavy atom. The lowest BCUT2D eigenvalue weighted by Gasteiger charge is -2.11. The van der Waals surface area contributed by atoms with E-state index in [1.807, 2.05) is 30.3 Å². The molecule has 138 valence electrons. The van der Waals surface area contributed by atoms with Crippen LogP contribution in [0.25, 0.3) is 22.2 Å². The monoisotopic (exact) mass is 383 g/mol. The van der Waals surface area contributed by atoms with Gasteiger partial charge in [-0.05, 0) is 31.0 Å². The molecule has 0 unspecified atom stereocenters. The van der Waals surface area contributed by atoms with Gasteiger partial charge in [0.2, 0.25) is 11.9 Å². The molecule has 0 radical (unpaired) electrons. The van der Waals surface area contributed by atoms with Crippen molar-refractivity contribution in [3.63, 3.8) is 0 Å². The van der Waals surface area contributed by atoms with E-state index in [1.54, 1.807) is 18.2 Å². The van der Waals surface area contributed by atoms with E-state index in [9.17, 15) is 14.7 Å². The Morgan fingerprint density at radius 1 is 1.04 bits per heavy atom. The predicted octanol–water partition coefficient (Wildman–Crippen LogP) is 2.31. The number of carboxylic acids is 1. The highest BCUT2D eigenvalue weighted by Gasteiger charge is 2.11. The number of nitrogens with zero attached hydrogens (tertiary/aromatic N) is 2. The standard InChI is InChI=1S/C19H17ClN4O3/c20-13-9-10-15-14(11-13)18(12-5-2-1-3-6-12)22-19(21-15)24-23-16(25)7-4-8-17(26)27/h1-3,5-6,9-11H,4,7-8H2,(H,23,25)(H,26,27)(H,21,22,24)/p-1. The Morgan fingerprint density at radius 3 is 2.56 bits per heavy atom. The minimum Gasteiger partial charge on any atom is -0.550 e. The fraction of sp³-hybridized carbons (Fsp3) is 0.158. The smallest absolute Gasteiger partial charge is 0.242 e. The summed E-state index contributed by atoms with van der Waals surface area (Å²) in [6, 6.07) is 14.9. The van der Waals surface area contributed by atoms with Crippen LogP contribution in [-0.2, 0) is 9.59 Å². The fourth-order valence-electron chi connectivity index (χ4n) is 2.55. The number of anilines is 1. The molecule has 2 N–H and O–H groups in total. The maximum Gasteiger partial charge on any atom is 0.242 e. The number of carboxylic acid groups (broad SMARTS) is 1. The first-order chi connectivity index (χ1) is 13.0. The third-order valence-electron chi connectivity index (χ3n) is 3.80. The van der Waals surface area contributed by atoms with Crippen LogP contribution in [0.2, 0.25) is 5.02 Å². The summed E-state index contributed by atoms with van der Waals surface area (Å²) in [4.78, 5) is 31.1. The van der Waals surface area contributed by atoms with Crippen molar-refractivity contribution in [3.05, 3.63) is 53.6 Å². The maximum atomic E-state index is 11.8. The van der Waals surface area contributed by atoms with E-state index in [0.717, 1.165) is 10.9 Å². The Kier molecular flexibility index (Phi) is 5.83. The van der Waals surface area contributed by atoms with Crippen LogP contribution in [0.15, 0.2) is 48.5 Å². The molecule has 2 aromatic carbocycles. The van der Waals surface area contributed by atoms with Crippen LogP contribution in [0, 0.1) is 0 Å². The van der Waals surface area contributed by atoms with E-state index in [0.29, 0.717) is 16.2 Å². The van der Waals surface area contributed by atoms with Crippen LogP contribution >= 0.6 is 11.6 Å². The van der Waals surface area contributed by atoms with Crippen molar-refractivity contribution in [1.82, 2.24) is 15.4 Å². The number of halogens is 1. The summed E-state index contributed by atoms with van der Waals surface area (Å²) < 4.78 is 0. The number of nitrogens with one attached hydrogen (secondary N) is 2. The van der Waals surface area contributed by atoms with Gasteiger partial charge in [-0.2, -0.15) is 0 Å². The van der Waals surface area contributed by atoms with E-state index in [2.05, 4.69) is 20.8 Å². The number of carbonyl (C=O) groups excluding carboxylic acids is 2. The van der Waals surface area contributed by atoms with Crippen LogP contribution in [-0.4, -0.2) is 21.8 Å². The lowest BCUT2D eigenvalue weighted by atomic mass is 10.1. The Labute approximate surface area is 160 Å². The number of rotatable bonds is 7. The molecule has 0 fully saturated rings. The first-order valence-corrected chi connectivity index (χ1v) is 8.68. The lowest BCUT2D eigenvalue weighted by molar-refractivity contribution is -0.305. The van der Waals surface area contributed by atoms with Crippen LogP contribution in [0.1, 0.15) is 19.3 Å². The largest absolute Gasteiger partial charge is 0.550 e. The molecule has 27 heavy (non-hydrogen) atoms. The van der Waals surface area contributed by atoms with Gasteiger partial charge in [0.1, 0.15) is 0 Å². The third kappa shape index (κ3) is 4.92. The molecule has 3 rings (SSSR count). The minimum absolute atomic E-state index is 0.0513. The van der Waals surface area contributed by atoms with Gasteiger partial charge < -0.3 is 9.90 Å². The molecule has 0 atom stereocenters. The van der Waals surface area contributed by atoms with Crippen molar-refractivity contribution in [3.8, 4) is 11.3 Å². The Bertz CT molecular complexity index is 979. The van der Waals surface area contributed by atoms with Crippen LogP contribution in [0.4, 0.5) is 5.95 Å². The van der Waals surface area contributed by atoms with Gasteiger partial charge in [-0.15, -0.1) is 0 Å². The molecule has 3 aromatic rings. The molecule has 0 aliphatic carbocycles. The zero-order valence-electron chi connectivity index (χ0n) is 14.2. The highest BCUT2D eigenvalue weighted by atomic mass is 35.5. The van der Waals surface area contributed by atoms with Gasteiger partial charge in [-0.1, -0.05) is 41.9 Å². The van der Waals surface area contributed by atoms with Crippen LogP contribution < -0.4 is 16.0 Å². The van der Waals surface area contributed by atoms with Crippen molar-refractivity contribution in [2.45, 2.75) is 19.3 Å². The highest BCUT2D eigenvalue weighted by Crippen LogP contribution is 2.29. The second-order valence-electron chi connectivity index (χ2n) is 5.82. The fourth-order valence-corrected chi connectivity index (χ4v) is 2.73. The molecule has 7 nitrogen and oxygen atoms in total. The molecule has 0 saturated heterocycles. The summed E-state index contributed by atoms with van der Waals surface area (Å²) in [5, 5.41) is 11.8. The van der Waals surface area contributed by atoms with Gasteiger partial charge in [-0.25, -0.2) is 9.97 Å². The number of hydrogen-bond acceptors (Lipinski definition) is 6. The zero-order valence-corrected chi connectivity index (χ0v) is 15.0. The predicted molar refractivity (Wildman–Crippen MR) is 101 cm³/mol. The third-order valence-corrected chi connectivity index (χ3v) is 4.04. The molecule has 0 spiro atoms. The number of amides is 1. The molecule has 0 saturated carbocycles. The van der Waals surface area contributed by atoms with Gasteiger partial charge in [0.25, 0.3) is 0 Å². The highest BCUT2D eigenvalue weighted by molar-refractivity contribution is 6.31. The van der Waals surface area contributed by atoms with E-state index in [1.165, 1.54) is 0 Å². The molecule has 0 aliphatic heterocycles. The summed E-state index contributed by atoms with van der Waals surface area (Å²) in [6.45, 7) is 0. The minimum atomic E-state index is -1.18. The summed E-state index contributed by atoms with van der Waals surface area (Å²) in [5.41, 5.74) is 7.39. The second-order valence-corrected chi connectivity index (χ2v) is 6.26. The molecule has 1 amide bonds. The average molecular weight is 384 g/mol. The topological polar surface area (TPSA) is 107 Å². The zero-order chi connectivity index (χ0) is 19.2. The number of aromatic nitrogens is 2. The van der Waals surface area contributed by atoms with Crippen molar-refractivity contribution in [2.75, 3.05) is 5.43 Å². The molecule has 1 heterocycles. The van der Waals surface area contributed by atoms with Gasteiger partial charge in [-0.3, -0.25) is 15.6 Å². The number of carbonyl (C=O) groups is 2. The Hall–Kier alpha value is -3.19. The van der Waals surface area contributed by atoms with Crippen molar-refractivity contribution >= 4 is 40.3 Å². The van der Waals surface area contributed by atoms with Crippen LogP contribution in [0.5, 0.6) is 0 Å². The SMILES string of the molecule is O=C([O-])CCCC(=O)NNc1nc(-c2ccccc2)c2cc(Cl)ccc2n1. The maximum absolute atomic E-state index is 11.8. The quantitative estimate of drug-likeness (QED) is 0.606. The van der Waals surface area contributed by atoms with Crippen molar-refractivity contribution < 1.29 is 14.7 Å². The number of hydrazine groups is 1. The first-order valence-electron chi connectivity index (χ1n) is 8.30. The van der Waals surface area contributed by atoms with Gasteiger partial charge in [0, 0.05) is 28.4 Å². The summed E-state index contributed by atoms with van der Waals surface area (Å²) >= 11 is 6.12. The number of hydrogen-bond donors (Lipinski definition) is 2. The number of aliphatic carboxylic acids is 1. The first kappa shape index (κ1) is 18.6. The normalized spacial score (nSPS) is 10.6. The number of fused-ring (bicyclic) bond motifs is 1. The van der Waals surface area contributed by atoms with Gasteiger partial charge >= 0.3 is 0 Å². The molecular formula is C19H16ClN4O3-. The number of benzene rings is 2. The molecule has 0 bridgehead atoms. The molecule has 8 heteroatoms. The van der Waals surface area contributed by atoms with Gasteiger partial charge in [0.15, 0.2) is 0 Å². The molecular weight excluding hydrogens is 368 g/mol. The summed E-state index contributed by atoms with van der Waals surface area (Å²) in [6.07, 6.45) is 0.0801. The van der Waals surface area contributed by atoms with Crippen LogP contribution in [0.3, 0.4) is 0 Å². The second kappa shape index (κ2) is 8.46. The van der Waals surface area contributed by atoms with Crippen molar-refractivity contribution in [1.29, 1.82) is 0 Å². The lowest BCUT2D eigenvalue weighted by Crippen LogP contribution is -2.30. The molecule has 1 aromatic heterocycles. The van der Waals surface area contributed by atoms with Crippen molar-refractivity contribution in [2.24, 2.45) is 0 Å². The van der Waals surface area contributed by atoms with E-state index in [4.69, 9.17) is 11.6 Å². The van der Waals surface area contributed by atoms with E-state index >= 15 is 0 Å². The summed E-state index contributed by atoms with van der Waals surface area (Å²) in [5.74, 6) is -1.32. The molecule has 0 aliphatic rings. The van der Waals surface area contributed by atoms with Gasteiger partial charge in [0.05, 0.1) is 11.2 Å².